The van der Waals surface area contributed by atoms with Crippen molar-refractivity contribution in [2.24, 2.45) is 5.73 Å². The fourth-order valence-electron chi connectivity index (χ4n) is 0.357. The maximum atomic E-state index is 9.91. The normalized spacial score (nSPS) is 10.9. The van der Waals surface area contributed by atoms with Gasteiger partial charge in [-0.2, -0.15) is 0 Å². The molecule has 4 nitrogen and oxygen atoms in total. The molecule has 0 saturated carbocycles. The maximum Gasteiger partial charge on any atom is 0.309 e. The maximum absolute atomic E-state index is 9.91. The van der Waals surface area contributed by atoms with Crippen LogP contribution in [0.5, 0.6) is 0 Å². The van der Waals surface area contributed by atoms with E-state index in [1.165, 1.54) is 12.3 Å². The van der Waals surface area contributed by atoms with Gasteiger partial charge in [0.2, 0.25) is 0 Å². The monoisotopic (exact) mass is 129 g/mol. The first-order valence-electron chi connectivity index (χ1n) is 2.38. The fourth-order valence-corrected chi connectivity index (χ4v) is 0.357. The molecule has 0 saturated heterocycles. The van der Waals surface area contributed by atoms with Gasteiger partial charge in [0, 0.05) is 11.8 Å². The highest BCUT2D eigenvalue weighted by Crippen LogP contribution is 1.88. The Kier molecular flexibility index (Phi) is 3.12. The lowest BCUT2D eigenvalue weighted by molar-refractivity contribution is -0.136. The predicted octanol–water partition coefficient (Wildman–Crippen LogP) is -1.87. The molecule has 0 aromatic heterocycles. The minimum absolute atomic E-state index is 0.159. The van der Waals surface area contributed by atoms with E-state index in [4.69, 9.17) is 16.2 Å². The molecule has 0 aromatic rings. The zero-order valence-electron chi connectivity index (χ0n) is 4.87. The molecule has 0 fully saturated rings. The number of hydrogen-bond acceptors (Lipinski definition) is 2. The zero-order valence-corrected chi connectivity index (χ0v) is 4.87. The van der Waals surface area contributed by atoms with Crippen LogP contribution in [0.1, 0.15) is 6.42 Å². The van der Waals surface area contributed by atoms with Gasteiger partial charge in [-0.05, 0) is 0 Å². The van der Waals surface area contributed by atoms with Crippen molar-refractivity contribution in [2.75, 3.05) is 0 Å². The number of carbonyl (C=O) groups is 1. The summed E-state index contributed by atoms with van der Waals surface area (Å²) in [6, 6.07) is 0. The zero-order chi connectivity index (χ0) is 7.28. The molecule has 5 N–H and O–H groups in total. The molecular weight excluding hydrogens is 120 g/mol. The smallest absolute Gasteiger partial charge is 0.309 e. The fraction of sp³-hybridized carbons (Fsp3) is 0.200. The van der Waals surface area contributed by atoms with E-state index in [1.807, 2.05) is 0 Å². The van der Waals surface area contributed by atoms with Gasteiger partial charge < -0.3 is 10.8 Å². The van der Waals surface area contributed by atoms with Crippen LogP contribution in [0.3, 0.4) is 0 Å². The van der Waals surface area contributed by atoms with E-state index in [2.05, 4.69) is 0 Å². The summed E-state index contributed by atoms with van der Waals surface area (Å²) in [5.74, 6) is -0.953. The van der Waals surface area contributed by atoms with E-state index >= 15 is 0 Å². The van der Waals surface area contributed by atoms with Gasteiger partial charge in [0.15, 0.2) is 6.21 Å². The Morgan fingerprint density at radius 2 is 2.33 bits per heavy atom. The van der Waals surface area contributed by atoms with Gasteiger partial charge in [-0.1, -0.05) is 0 Å². The Bertz CT molecular complexity index is 151. The molecule has 0 heterocycles. The third kappa shape index (κ3) is 4.53. The lowest BCUT2D eigenvalue weighted by Crippen LogP contribution is -2.28. The van der Waals surface area contributed by atoms with E-state index in [9.17, 15) is 4.79 Å². The van der Waals surface area contributed by atoms with Crippen LogP contribution in [-0.2, 0) is 4.79 Å². The Labute approximate surface area is 52.5 Å². The quantitative estimate of drug-likeness (QED) is 0.390. The van der Waals surface area contributed by atoms with Gasteiger partial charge in [0.25, 0.3) is 0 Å². The second kappa shape index (κ2) is 3.65. The average Bonchev–Trinajstić information content (AvgIpc) is 1.63. The van der Waals surface area contributed by atoms with Crippen molar-refractivity contribution in [2.45, 2.75) is 6.42 Å². The molecule has 0 aliphatic rings. The van der Waals surface area contributed by atoms with Crippen molar-refractivity contribution >= 4 is 12.2 Å². The van der Waals surface area contributed by atoms with Crippen LogP contribution in [0.25, 0.3) is 0 Å². The van der Waals surface area contributed by atoms with Crippen LogP contribution in [0, 0.1) is 0 Å². The second-order valence-electron chi connectivity index (χ2n) is 1.50. The van der Waals surface area contributed by atoms with E-state index < -0.39 is 5.97 Å². The lowest BCUT2D eigenvalue weighted by atomic mass is 10.3. The largest absolute Gasteiger partial charge is 0.481 e. The SMILES string of the molecule is N/C(=C\C=[NH2+])CC(=O)O. The number of carboxylic acids is 1. The summed E-state index contributed by atoms with van der Waals surface area (Å²) in [7, 11) is 0. The van der Waals surface area contributed by atoms with E-state index in [-0.39, 0.29) is 12.1 Å². The summed E-state index contributed by atoms with van der Waals surface area (Å²) in [4.78, 5) is 9.91. The first-order valence-corrected chi connectivity index (χ1v) is 2.38. The van der Waals surface area contributed by atoms with Gasteiger partial charge in [-0.3, -0.25) is 10.2 Å². The molecule has 0 unspecified atom stereocenters. The molecule has 9 heavy (non-hydrogen) atoms. The Balaban J connectivity index is 3.75. The third-order valence-electron chi connectivity index (χ3n) is 0.666. The van der Waals surface area contributed by atoms with Crippen LogP contribution in [0.15, 0.2) is 11.8 Å². The highest BCUT2D eigenvalue weighted by atomic mass is 16.4. The van der Waals surface area contributed by atoms with Crippen LogP contribution >= 0.6 is 0 Å². The summed E-state index contributed by atoms with van der Waals surface area (Å²) in [6.45, 7) is 0. The number of nitrogens with two attached hydrogens (primary N) is 2. The topological polar surface area (TPSA) is 88.9 Å². The van der Waals surface area contributed by atoms with Gasteiger partial charge in [0.1, 0.15) is 0 Å². The number of hydrogen-bond donors (Lipinski definition) is 3. The van der Waals surface area contributed by atoms with Crippen LogP contribution in [0.2, 0.25) is 0 Å². The summed E-state index contributed by atoms with van der Waals surface area (Å²) in [6.07, 6.45) is 2.40. The van der Waals surface area contributed by atoms with Gasteiger partial charge in [0.05, 0.1) is 6.42 Å². The van der Waals surface area contributed by atoms with Gasteiger partial charge >= 0.3 is 5.97 Å². The highest BCUT2D eigenvalue weighted by molar-refractivity contribution is 5.73. The Hall–Kier alpha value is -1.32. The number of aliphatic carboxylic acids is 1. The molecule has 0 spiro atoms. The van der Waals surface area contributed by atoms with Crippen molar-refractivity contribution < 1.29 is 15.3 Å². The molecule has 0 rings (SSSR count). The van der Waals surface area contributed by atoms with E-state index in [0.717, 1.165) is 0 Å². The summed E-state index contributed by atoms with van der Waals surface area (Å²) in [5, 5.41) is 13.1. The first kappa shape index (κ1) is 7.68. The van der Waals surface area contributed by atoms with Crippen molar-refractivity contribution in [1.82, 2.24) is 0 Å². The molecule has 0 aliphatic carbocycles. The number of carboxylic acid groups (broad SMARTS) is 1. The average molecular weight is 129 g/mol. The summed E-state index contributed by atoms with van der Waals surface area (Å²) in [5.41, 5.74) is 5.41. The minimum Gasteiger partial charge on any atom is -0.481 e. The minimum atomic E-state index is -0.953. The van der Waals surface area contributed by atoms with Gasteiger partial charge in [-0.25, -0.2) is 0 Å². The molecular formula is C5H9N2O2+. The highest BCUT2D eigenvalue weighted by Gasteiger charge is 1.96. The first-order chi connectivity index (χ1) is 4.16. The van der Waals surface area contributed by atoms with Crippen molar-refractivity contribution in [3.05, 3.63) is 11.8 Å². The Morgan fingerprint density at radius 1 is 1.78 bits per heavy atom. The molecule has 0 bridgehead atoms. The van der Waals surface area contributed by atoms with Crippen LogP contribution < -0.4 is 11.1 Å². The Morgan fingerprint density at radius 3 is 2.67 bits per heavy atom. The van der Waals surface area contributed by atoms with Crippen molar-refractivity contribution in [1.29, 1.82) is 0 Å². The molecule has 0 aliphatic heterocycles. The lowest BCUT2D eigenvalue weighted by Gasteiger charge is -1.89. The summed E-state index contributed by atoms with van der Waals surface area (Å²) >= 11 is 0. The van der Waals surface area contributed by atoms with Gasteiger partial charge in [-0.15, -0.1) is 0 Å². The second-order valence-corrected chi connectivity index (χ2v) is 1.50. The molecule has 0 radical (unpaired) electrons. The summed E-state index contributed by atoms with van der Waals surface area (Å²) < 4.78 is 0. The molecule has 0 atom stereocenters. The molecule has 50 valence electrons. The van der Waals surface area contributed by atoms with Crippen LogP contribution in [-0.4, -0.2) is 17.3 Å². The van der Waals surface area contributed by atoms with Crippen molar-refractivity contribution in [3.63, 3.8) is 0 Å². The molecule has 4 heteroatoms. The predicted molar refractivity (Wildman–Crippen MR) is 32.5 cm³/mol. The molecule has 0 aromatic carbocycles. The third-order valence-corrected chi connectivity index (χ3v) is 0.666. The van der Waals surface area contributed by atoms with Crippen LogP contribution in [0.4, 0.5) is 0 Å². The van der Waals surface area contributed by atoms with E-state index in [1.54, 1.807) is 0 Å². The number of rotatable bonds is 3. The number of allylic oxidation sites excluding steroid dienone is 1. The van der Waals surface area contributed by atoms with E-state index in [0.29, 0.717) is 0 Å². The standard InChI is InChI=1S/C5H8N2O2/c6-2-1-4(7)3-5(8)9/h1-2,6H,3,7H2,(H,8,9)/p+1/b4-1-,6-2?. The molecule has 0 amide bonds. The van der Waals surface area contributed by atoms with Crippen molar-refractivity contribution in [3.8, 4) is 0 Å².